The van der Waals surface area contributed by atoms with Crippen LogP contribution in [0.25, 0.3) is 0 Å². The van der Waals surface area contributed by atoms with Crippen LogP contribution in [0.5, 0.6) is 0 Å². The van der Waals surface area contributed by atoms with Gasteiger partial charge in [0.25, 0.3) is 0 Å². The van der Waals surface area contributed by atoms with E-state index in [2.05, 4.69) is 60.9 Å². The van der Waals surface area contributed by atoms with Gasteiger partial charge in [0.15, 0.2) is 2.74 Å². The van der Waals surface area contributed by atoms with Gasteiger partial charge < -0.3 is 0 Å². The van der Waals surface area contributed by atoms with Gasteiger partial charge in [0.2, 0.25) is 0 Å². The van der Waals surface area contributed by atoms with Crippen molar-refractivity contribution in [2.75, 3.05) is 11.5 Å². The van der Waals surface area contributed by atoms with Gasteiger partial charge in [-0.2, -0.15) is 0 Å². The molecule has 0 aromatic heterocycles. The maximum absolute atomic E-state index is 2.34. The zero-order chi connectivity index (χ0) is 7.90. The van der Waals surface area contributed by atoms with Crippen molar-refractivity contribution < 1.29 is 0 Å². The van der Waals surface area contributed by atoms with E-state index >= 15 is 0 Å². The third-order valence-corrected chi connectivity index (χ3v) is 9.71. The fourth-order valence-electron chi connectivity index (χ4n) is 1.21. The third-order valence-electron chi connectivity index (χ3n) is 1.68. The van der Waals surface area contributed by atoms with Crippen molar-refractivity contribution in [3.63, 3.8) is 0 Å². The molecule has 2 aliphatic rings. The Balaban J connectivity index is 2.02. The maximum atomic E-state index is 2.34. The molecule has 2 aliphatic heterocycles. The molecule has 0 N–H and O–H groups in total. The van der Waals surface area contributed by atoms with Crippen LogP contribution in [0.3, 0.4) is 0 Å². The lowest BCUT2D eigenvalue weighted by molar-refractivity contribution is 1.15. The van der Waals surface area contributed by atoms with Gasteiger partial charge in [-0.25, -0.2) is 0 Å². The Labute approximate surface area is 85.4 Å². The first-order valence-corrected chi connectivity index (χ1v) is 7.57. The Morgan fingerprint density at radius 3 is 1.73 bits per heavy atom. The van der Waals surface area contributed by atoms with Crippen LogP contribution in [-0.2, 0) is 0 Å². The predicted octanol–water partition coefficient (Wildman–Crippen LogP) is 3.33. The highest BCUT2D eigenvalue weighted by Gasteiger charge is 2.45. The van der Waals surface area contributed by atoms with Crippen molar-refractivity contribution in [2.45, 2.75) is 27.1 Å². The second-order valence-electron chi connectivity index (χ2n) is 2.98. The molecule has 0 aliphatic carbocycles. The summed E-state index contributed by atoms with van der Waals surface area (Å²) in [6, 6.07) is 0. The van der Waals surface area contributed by atoms with Crippen LogP contribution in [0.1, 0.15) is 13.8 Å². The summed E-state index contributed by atoms with van der Waals surface area (Å²) in [6.07, 6.45) is 0. The first kappa shape index (κ1) is 8.97. The number of thioether (sulfide) groups is 4. The van der Waals surface area contributed by atoms with Crippen LogP contribution >= 0.6 is 47.0 Å². The van der Waals surface area contributed by atoms with Gasteiger partial charge in [0.05, 0.1) is 0 Å². The largest absolute Gasteiger partial charge is 0.154 e. The first-order chi connectivity index (χ1) is 5.20. The Bertz CT molecular complexity index is 141. The van der Waals surface area contributed by atoms with Crippen LogP contribution in [0.4, 0.5) is 0 Å². The van der Waals surface area contributed by atoms with Crippen molar-refractivity contribution in [3.8, 4) is 0 Å². The first-order valence-electron chi connectivity index (χ1n) is 3.84. The Hall–Kier alpha value is 1.40. The fraction of sp³-hybridized carbons (Fsp3) is 1.00. The smallest absolute Gasteiger partial charge is 0.122 e. The average molecular weight is 224 g/mol. The summed E-state index contributed by atoms with van der Waals surface area (Å²) in [6.45, 7) is 4.69. The summed E-state index contributed by atoms with van der Waals surface area (Å²) in [5.74, 6) is 2.69. The lowest BCUT2D eigenvalue weighted by atomic mass is 10.6. The van der Waals surface area contributed by atoms with Crippen LogP contribution in [0.2, 0.25) is 0 Å². The lowest BCUT2D eigenvalue weighted by Gasteiger charge is -2.18. The van der Waals surface area contributed by atoms with E-state index in [1.54, 1.807) is 0 Å². The SMILES string of the molecule is CC1CSC2(SC[C@H](C)S2)S1. The van der Waals surface area contributed by atoms with Gasteiger partial charge >= 0.3 is 0 Å². The fourth-order valence-corrected chi connectivity index (χ4v) is 9.85. The molecule has 4 heteroatoms. The highest BCUT2D eigenvalue weighted by molar-refractivity contribution is 8.50. The number of rotatable bonds is 0. The molecule has 2 saturated heterocycles. The molecule has 2 rings (SSSR count). The van der Waals surface area contributed by atoms with E-state index in [0.717, 1.165) is 10.5 Å². The van der Waals surface area contributed by atoms with Crippen LogP contribution in [0.15, 0.2) is 0 Å². The van der Waals surface area contributed by atoms with Gasteiger partial charge in [-0.1, -0.05) is 13.8 Å². The van der Waals surface area contributed by atoms with E-state index in [-0.39, 0.29) is 0 Å². The van der Waals surface area contributed by atoms with Crippen LogP contribution in [-0.4, -0.2) is 24.7 Å². The minimum absolute atomic E-state index is 0.499. The Morgan fingerprint density at radius 2 is 1.45 bits per heavy atom. The quantitative estimate of drug-likeness (QED) is 0.618. The molecular weight excluding hydrogens is 212 g/mol. The molecule has 0 aromatic carbocycles. The molecule has 1 spiro atoms. The molecule has 11 heavy (non-hydrogen) atoms. The molecule has 0 saturated carbocycles. The molecule has 0 aromatic rings. The molecule has 0 nitrogen and oxygen atoms in total. The Kier molecular flexibility index (Phi) is 2.67. The minimum atomic E-state index is 0.499. The molecular formula is C7H12S4. The van der Waals surface area contributed by atoms with Crippen molar-refractivity contribution in [3.05, 3.63) is 0 Å². The van der Waals surface area contributed by atoms with E-state index in [1.165, 1.54) is 11.5 Å². The number of hydrogen-bond donors (Lipinski definition) is 0. The Morgan fingerprint density at radius 1 is 1.00 bits per heavy atom. The molecule has 2 fully saturated rings. The average Bonchev–Trinajstić information content (AvgIpc) is 2.44. The summed E-state index contributed by atoms with van der Waals surface area (Å²) in [5.41, 5.74) is 0. The van der Waals surface area contributed by atoms with Gasteiger partial charge in [0, 0.05) is 22.0 Å². The second-order valence-corrected chi connectivity index (χ2v) is 10.3. The van der Waals surface area contributed by atoms with Crippen LogP contribution < -0.4 is 0 Å². The molecule has 0 radical (unpaired) electrons. The highest BCUT2D eigenvalue weighted by Crippen LogP contribution is 2.66. The zero-order valence-corrected chi connectivity index (χ0v) is 9.97. The topological polar surface area (TPSA) is 0 Å². The summed E-state index contributed by atoms with van der Waals surface area (Å²) >= 11 is 8.64. The summed E-state index contributed by atoms with van der Waals surface area (Å²) in [7, 11) is 0. The van der Waals surface area contributed by atoms with Crippen molar-refractivity contribution in [2.24, 2.45) is 0 Å². The van der Waals surface area contributed by atoms with E-state index in [1.807, 2.05) is 0 Å². The normalized spacial score (nSPS) is 50.7. The monoisotopic (exact) mass is 224 g/mol. The minimum Gasteiger partial charge on any atom is -0.122 e. The van der Waals surface area contributed by atoms with E-state index in [9.17, 15) is 0 Å². The standard InChI is InChI=1S/C7H12S4/c1-5-3-8-7(10-5)9-4-6(2)11-7/h5-6H,3-4H2,1-2H3/t5-,6?,7?/m0/s1. The molecule has 2 heterocycles. The summed E-state index contributed by atoms with van der Waals surface area (Å²) < 4.78 is 0.499. The van der Waals surface area contributed by atoms with Gasteiger partial charge in [-0.05, 0) is 0 Å². The third kappa shape index (κ3) is 1.84. The molecule has 64 valence electrons. The lowest BCUT2D eigenvalue weighted by Crippen LogP contribution is -2.01. The zero-order valence-electron chi connectivity index (χ0n) is 6.70. The van der Waals surface area contributed by atoms with E-state index in [0.29, 0.717) is 2.74 Å². The van der Waals surface area contributed by atoms with Crippen molar-refractivity contribution >= 4 is 47.0 Å². The summed E-state index contributed by atoms with van der Waals surface area (Å²) in [4.78, 5) is 0. The van der Waals surface area contributed by atoms with E-state index < -0.39 is 0 Å². The highest BCUT2D eigenvalue weighted by atomic mass is 32.3. The molecule has 0 amide bonds. The number of hydrogen-bond acceptors (Lipinski definition) is 4. The molecule has 0 bridgehead atoms. The van der Waals surface area contributed by atoms with Gasteiger partial charge in [0.1, 0.15) is 0 Å². The second kappa shape index (κ2) is 3.28. The molecule has 3 atom stereocenters. The van der Waals surface area contributed by atoms with E-state index in [4.69, 9.17) is 0 Å². The summed E-state index contributed by atoms with van der Waals surface area (Å²) in [5, 5.41) is 1.73. The van der Waals surface area contributed by atoms with Gasteiger partial charge in [-0.3, -0.25) is 0 Å². The van der Waals surface area contributed by atoms with Crippen molar-refractivity contribution in [1.82, 2.24) is 0 Å². The predicted molar refractivity (Wildman–Crippen MR) is 61.8 cm³/mol. The maximum Gasteiger partial charge on any atom is 0.154 e. The van der Waals surface area contributed by atoms with Crippen LogP contribution in [0, 0.1) is 0 Å². The van der Waals surface area contributed by atoms with Crippen molar-refractivity contribution in [1.29, 1.82) is 0 Å². The molecule has 2 unspecified atom stereocenters. The van der Waals surface area contributed by atoms with Gasteiger partial charge in [-0.15, -0.1) is 47.0 Å².